The second-order valence-corrected chi connectivity index (χ2v) is 9.45. The molecule has 0 N–H and O–H groups in total. The van der Waals surface area contributed by atoms with Crippen LogP contribution in [0.3, 0.4) is 0 Å². The third-order valence-electron chi connectivity index (χ3n) is 7.42. The molecule has 2 aliphatic rings. The zero-order valence-electron chi connectivity index (χ0n) is 18.2. The van der Waals surface area contributed by atoms with E-state index in [4.69, 9.17) is 0 Å². The topological polar surface area (TPSA) is 9.23 Å². The number of ether oxygens (including phenoxy) is 1. The summed E-state index contributed by atoms with van der Waals surface area (Å²) in [5.41, 5.74) is 0.606. The van der Waals surface area contributed by atoms with Crippen LogP contribution in [0.4, 0.5) is 22.0 Å². The van der Waals surface area contributed by atoms with Crippen molar-refractivity contribution in [3.63, 3.8) is 0 Å². The molecule has 2 aliphatic carbocycles. The maximum Gasteiger partial charge on any atom is 0.272 e. The third kappa shape index (κ3) is 7.08. The van der Waals surface area contributed by atoms with Gasteiger partial charge in [0.05, 0.1) is 6.67 Å². The molecular formula is C25H35F5O. The molecule has 2 saturated carbocycles. The van der Waals surface area contributed by atoms with Gasteiger partial charge in [0.25, 0.3) is 6.43 Å². The fraction of sp³-hybridized carbons (Fsp3) is 0.760. The minimum absolute atomic E-state index is 0.108. The van der Waals surface area contributed by atoms with Crippen molar-refractivity contribution >= 4 is 0 Å². The Labute approximate surface area is 182 Å². The molecule has 1 nitrogen and oxygen atoms in total. The summed E-state index contributed by atoms with van der Waals surface area (Å²) in [6.07, 6.45) is 10.3. The molecule has 0 unspecified atom stereocenters. The van der Waals surface area contributed by atoms with Crippen LogP contribution in [0.25, 0.3) is 0 Å². The van der Waals surface area contributed by atoms with Crippen molar-refractivity contribution in [3.05, 3.63) is 29.3 Å². The van der Waals surface area contributed by atoms with Crippen LogP contribution in [0, 0.1) is 29.4 Å². The Balaban J connectivity index is 1.45. The van der Waals surface area contributed by atoms with Crippen molar-refractivity contribution in [2.45, 2.75) is 89.4 Å². The van der Waals surface area contributed by atoms with Gasteiger partial charge < -0.3 is 4.74 Å². The number of benzene rings is 1. The van der Waals surface area contributed by atoms with Gasteiger partial charge in [0, 0.05) is 0 Å². The highest BCUT2D eigenvalue weighted by molar-refractivity contribution is 5.33. The molecule has 0 aliphatic heterocycles. The first-order valence-electron chi connectivity index (χ1n) is 11.9. The van der Waals surface area contributed by atoms with E-state index >= 15 is 0 Å². The Morgan fingerprint density at radius 2 is 1.39 bits per heavy atom. The van der Waals surface area contributed by atoms with Crippen molar-refractivity contribution in [1.82, 2.24) is 0 Å². The molecule has 0 heterocycles. The molecule has 3 rings (SSSR count). The first-order valence-corrected chi connectivity index (χ1v) is 11.9. The van der Waals surface area contributed by atoms with Crippen molar-refractivity contribution in [2.75, 3.05) is 13.3 Å². The fourth-order valence-corrected chi connectivity index (χ4v) is 5.68. The van der Waals surface area contributed by atoms with Gasteiger partial charge in [-0.3, -0.25) is 4.39 Å². The molecule has 31 heavy (non-hydrogen) atoms. The second kappa shape index (κ2) is 12.1. The van der Waals surface area contributed by atoms with E-state index in [-0.39, 0.29) is 12.6 Å². The minimum Gasteiger partial charge on any atom is -0.482 e. The van der Waals surface area contributed by atoms with Crippen LogP contribution in [0.15, 0.2) is 12.1 Å². The Hall–Kier alpha value is -1.33. The lowest BCUT2D eigenvalue weighted by Crippen LogP contribution is -2.25. The van der Waals surface area contributed by atoms with E-state index in [1.165, 1.54) is 44.2 Å². The zero-order chi connectivity index (χ0) is 22.2. The quantitative estimate of drug-likeness (QED) is 0.260. The predicted octanol–water partition coefficient (Wildman–Crippen LogP) is 8.22. The molecule has 0 amide bonds. The monoisotopic (exact) mass is 446 g/mol. The van der Waals surface area contributed by atoms with Gasteiger partial charge in [-0.1, -0.05) is 32.1 Å². The number of halogens is 5. The van der Waals surface area contributed by atoms with E-state index in [9.17, 15) is 22.0 Å². The summed E-state index contributed by atoms with van der Waals surface area (Å²) >= 11 is 0. The van der Waals surface area contributed by atoms with Gasteiger partial charge in [0.15, 0.2) is 17.4 Å². The van der Waals surface area contributed by atoms with Crippen molar-refractivity contribution in [2.24, 2.45) is 17.8 Å². The number of hydrogen-bond donors (Lipinski definition) is 0. The van der Waals surface area contributed by atoms with E-state index in [0.29, 0.717) is 17.9 Å². The highest BCUT2D eigenvalue weighted by atomic mass is 19.3. The summed E-state index contributed by atoms with van der Waals surface area (Å²) in [5.74, 6) is -0.168. The molecule has 6 heteroatoms. The van der Waals surface area contributed by atoms with Gasteiger partial charge in [-0.25, -0.2) is 17.6 Å². The SMILES string of the molecule is FCCCCCC1CCC(C2CCC(c3cc(F)c(OCC(F)F)c(F)c3)CC2)CC1. The molecule has 0 atom stereocenters. The molecule has 1 aromatic rings. The molecule has 0 bridgehead atoms. The van der Waals surface area contributed by atoms with Gasteiger partial charge in [0.1, 0.15) is 6.61 Å². The normalized spacial score (nSPS) is 26.9. The average molecular weight is 447 g/mol. The number of unbranched alkanes of at least 4 members (excludes halogenated alkanes) is 2. The van der Waals surface area contributed by atoms with Crippen LogP contribution >= 0.6 is 0 Å². The standard InChI is InChI=1S/C25H35F5O/c26-13-3-1-2-4-17-5-7-18(8-6-17)19-9-11-20(12-10-19)21-14-22(27)25(23(28)15-21)31-16-24(29)30/h14-15,17-20,24H,1-13,16H2. The Morgan fingerprint density at radius 3 is 1.94 bits per heavy atom. The smallest absolute Gasteiger partial charge is 0.272 e. The molecule has 1 aromatic carbocycles. The van der Waals surface area contributed by atoms with Crippen LogP contribution in [0.1, 0.15) is 88.5 Å². The van der Waals surface area contributed by atoms with Crippen molar-refractivity contribution in [1.29, 1.82) is 0 Å². The fourth-order valence-electron chi connectivity index (χ4n) is 5.68. The zero-order valence-corrected chi connectivity index (χ0v) is 18.2. The molecule has 0 spiro atoms. The molecule has 0 aromatic heterocycles. The maximum atomic E-state index is 14.2. The van der Waals surface area contributed by atoms with Crippen LogP contribution in [-0.4, -0.2) is 19.7 Å². The van der Waals surface area contributed by atoms with E-state index in [1.54, 1.807) is 0 Å². The van der Waals surface area contributed by atoms with Gasteiger partial charge in [0.2, 0.25) is 0 Å². The van der Waals surface area contributed by atoms with Crippen molar-refractivity contribution < 1.29 is 26.7 Å². The summed E-state index contributed by atoms with van der Waals surface area (Å²) in [7, 11) is 0. The lowest BCUT2D eigenvalue weighted by Gasteiger charge is -2.38. The first kappa shape index (κ1) is 24.3. The van der Waals surface area contributed by atoms with Gasteiger partial charge in [-0.2, -0.15) is 0 Å². The number of hydrogen-bond acceptors (Lipinski definition) is 1. The summed E-state index contributed by atoms with van der Waals surface area (Å²) in [6, 6.07) is 2.51. The Kier molecular flexibility index (Phi) is 9.46. The summed E-state index contributed by atoms with van der Waals surface area (Å²) < 4.78 is 69.8. The van der Waals surface area contributed by atoms with E-state index in [1.807, 2.05) is 0 Å². The summed E-state index contributed by atoms with van der Waals surface area (Å²) in [4.78, 5) is 0. The van der Waals surface area contributed by atoms with Crippen LogP contribution in [-0.2, 0) is 0 Å². The molecule has 176 valence electrons. The second-order valence-electron chi connectivity index (χ2n) is 9.45. The Bertz CT molecular complexity index is 641. The average Bonchev–Trinajstić information content (AvgIpc) is 2.76. The van der Waals surface area contributed by atoms with Crippen LogP contribution in [0.2, 0.25) is 0 Å². The molecule has 0 radical (unpaired) electrons. The predicted molar refractivity (Wildman–Crippen MR) is 112 cm³/mol. The molecule has 2 fully saturated rings. The summed E-state index contributed by atoms with van der Waals surface area (Å²) in [6.45, 7) is -1.22. The number of rotatable bonds is 10. The molecule has 0 saturated heterocycles. The first-order chi connectivity index (χ1) is 15.0. The summed E-state index contributed by atoms with van der Waals surface area (Å²) in [5, 5.41) is 0. The van der Waals surface area contributed by atoms with Crippen LogP contribution in [0.5, 0.6) is 5.75 Å². The molecular weight excluding hydrogens is 411 g/mol. The lowest BCUT2D eigenvalue weighted by molar-refractivity contribution is 0.0776. The minimum atomic E-state index is -2.77. The van der Waals surface area contributed by atoms with Gasteiger partial charge >= 0.3 is 0 Å². The van der Waals surface area contributed by atoms with Crippen molar-refractivity contribution in [3.8, 4) is 5.75 Å². The third-order valence-corrected chi connectivity index (χ3v) is 7.42. The lowest BCUT2D eigenvalue weighted by atomic mass is 9.68. The van der Waals surface area contributed by atoms with Gasteiger partial charge in [-0.05, 0) is 86.3 Å². The van der Waals surface area contributed by atoms with E-state index in [2.05, 4.69) is 4.74 Å². The highest BCUT2D eigenvalue weighted by Crippen LogP contribution is 2.45. The van der Waals surface area contributed by atoms with E-state index in [0.717, 1.165) is 50.4 Å². The van der Waals surface area contributed by atoms with Crippen LogP contribution < -0.4 is 4.74 Å². The number of alkyl halides is 3. The van der Waals surface area contributed by atoms with Gasteiger partial charge in [-0.15, -0.1) is 0 Å². The van der Waals surface area contributed by atoms with E-state index < -0.39 is 30.4 Å². The largest absolute Gasteiger partial charge is 0.482 e. The maximum absolute atomic E-state index is 14.2. The highest BCUT2D eigenvalue weighted by Gasteiger charge is 2.31. The Morgan fingerprint density at radius 1 is 0.806 bits per heavy atom.